The van der Waals surface area contributed by atoms with Gasteiger partial charge in [0, 0.05) is 28.5 Å². The van der Waals surface area contributed by atoms with Gasteiger partial charge in [-0.25, -0.2) is 4.79 Å². The van der Waals surface area contributed by atoms with E-state index in [1.165, 1.54) is 11.3 Å². The third-order valence-corrected chi connectivity index (χ3v) is 6.75. The van der Waals surface area contributed by atoms with Crippen LogP contribution in [0.4, 0.5) is 9.80 Å². The van der Waals surface area contributed by atoms with Crippen molar-refractivity contribution in [2.24, 2.45) is 0 Å². The second-order valence-corrected chi connectivity index (χ2v) is 8.79. The van der Waals surface area contributed by atoms with Crippen molar-refractivity contribution >= 4 is 40.1 Å². The van der Waals surface area contributed by atoms with E-state index in [0.717, 1.165) is 21.1 Å². The number of hydrogen-bond donors (Lipinski definition) is 1. The summed E-state index contributed by atoms with van der Waals surface area (Å²) < 4.78 is 10.2. The molecule has 0 bridgehead atoms. The van der Waals surface area contributed by atoms with E-state index >= 15 is 0 Å². The van der Waals surface area contributed by atoms with Crippen molar-refractivity contribution in [3.05, 3.63) is 40.3 Å². The fraction of sp³-hybridized carbons (Fsp3) is 0.381. The lowest BCUT2D eigenvalue weighted by Gasteiger charge is -2.25. The summed E-state index contributed by atoms with van der Waals surface area (Å²) in [6.07, 6.45) is 0.562. The average molecular weight is 446 g/mol. The highest BCUT2D eigenvalue weighted by Gasteiger charge is 2.28. The Hall–Kier alpha value is -2.70. The van der Waals surface area contributed by atoms with E-state index in [9.17, 15) is 14.9 Å². The minimum Gasteiger partial charge on any atom is -0.497 e. The molecule has 0 fully saturated rings. The van der Waals surface area contributed by atoms with Gasteiger partial charge in [-0.15, -0.1) is 23.1 Å². The van der Waals surface area contributed by atoms with Gasteiger partial charge in [-0.1, -0.05) is 0 Å². The summed E-state index contributed by atoms with van der Waals surface area (Å²) >= 11 is 2.95. The van der Waals surface area contributed by atoms with Gasteiger partial charge in [0.1, 0.15) is 16.8 Å². The van der Waals surface area contributed by atoms with E-state index in [4.69, 9.17) is 9.47 Å². The van der Waals surface area contributed by atoms with Gasteiger partial charge in [0.15, 0.2) is 0 Å². The second-order valence-electron chi connectivity index (χ2n) is 6.51. The normalized spacial score (nSPS) is 12.6. The Labute approximate surface area is 184 Å². The molecule has 2 aromatic rings. The second kappa shape index (κ2) is 10.4. The first-order valence-electron chi connectivity index (χ1n) is 9.58. The van der Waals surface area contributed by atoms with Gasteiger partial charge in [0.2, 0.25) is 5.91 Å². The highest BCUT2D eigenvalue weighted by atomic mass is 32.2. The number of rotatable bonds is 7. The van der Waals surface area contributed by atoms with Crippen LogP contribution in [0.3, 0.4) is 0 Å². The van der Waals surface area contributed by atoms with Gasteiger partial charge in [0.25, 0.3) is 0 Å². The Morgan fingerprint density at radius 1 is 1.33 bits per heavy atom. The molecule has 3 rings (SSSR count). The summed E-state index contributed by atoms with van der Waals surface area (Å²) in [6.45, 7) is 3.00. The van der Waals surface area contributed by atoms with E-state index in [1.54, 1.807) is 30.7 Å². The Bertz CT molecular complexity index is 950. The topological polar surface area (TPSA) is 91.7 Å². The summed E-state index contributed by atoms with van der Waals surface area (Å²) in [5, 5.41) is 13.0. The number of ether oxygens (including phenoxy) is 2. The van der Waals surface area contributed by atoms with E-state index in [0.29, 0.717) is 48.9 Å². The number of carbonyl (C=O) groups is 2. The smallest absolute Gasteiger partial charge is 0.410 e. The molecule has 1 aromatic carbocycles. The number of anilines is 1. The van der Waals surface area contributed by atoms with Crippen LogP contribution in [-0.4, -0.2) is 42.9 Å². The molecular formula is C21H23N3O4S2. The van der Waals surface area contributed by atoms with Gasteiger partial charge in [-0.2, -0.15) is 5.26 Å². The molecule has 2 amide bonds. The molecule has 0 saturated heterocycles. The predicted molar refractivity (Wildman–Crippen MR) is 117 cm³/mol. The van der Waals surface area contributed by atoms with E-state index in [2.05, 4.69) is 11.4 Å². The molecule has 1 aliphatic heterocycles. The SMILES string of the molecule is CCOC(=O)N1CCc2c(sc(NC(=O)CCSc3ccc(OC)cc3)c2C#N)C1. The third kappa shape index (κ3) is 5.26. The third-order valence-electron chi connectivity index (χ3n) is 4.60. The largest absolute Gasteiger partial charge is 0.497 e. The molecule has 1 aliphatic rings. The van der Waals surface area contributed by atoms with Crippen LogP contribution in [-0.2, 0) is 22.5 Å². The number of benzene rings is 1. The Morgan fingerprint density at radius 2 is 2.10 bits per heavy atom. The Kier molecular flexibility index (Phi) is 7.60. The van der Waals surface area contributed by atoms with Crippen molar-refractivity contribution in [3.8, 4) is 11.8 Å². The molecule has 0 aliphatic carbocycles. The number of fused-ring (bicyclic) bond motifs is 1. The van der Waals surface area contributed by atoms with Crippen LogP contribution in [0.1, 0.15) is 29.3 Å². The highest BCUT2D eigenvalue weighted by Crippen LogP contribution is 2.37. The lowest BCUT2D eigenvalue weighted by molar-refractivity contribution is -0.115. The van der Waals surface area contributed by atoms with Crippen molar-refractivity contribution in [1.29, 1.82) is 5.26 Å². The summed E-state index contributed by atoms with van der Waals surface area (Å²) in [5.74, 6) is 1.29. The molecule has 1 N–H and O–H groups in total. The molecule has 2 heterocycles. The van der Waals surface area contributed by atoms with E-state index in [1.807, 2.05) is 24.3 Å². The fourth-order valence-electron chi connectivity index (χ4n) is 3.10. The fourth-order valence-corrected chi connectivity index (χ4v) is 5.18. The standard InChI is InChI=1S/C21H23N3O4S2/c1-3-28-21(26)24-10-8-16-17(12-22)20(30-18(16)13-24)23-19(25)9-11-29-15-6-4-14(27-2)5-7-15/h4-7H,3,8-11,13H2,1-2H3,(H,23,25). The summed E-state index contributed by atoms with van der Waals surface area (Å²) in [5.41, 5.74) is 1.43. The van der Waals surface area contributed by atoms with Gasteiger partial charge in [0.05, 0.1) is 25.8 Å². The van der Waals surface area contributed by atoms with Crippen molar-refractivity contribution in [2.75, 3.05) is 31.3 Å². The van der Waals surface area contributed by atoms with Gasteiger partial charge in [-0.3, -0.25) is 4.79 Å². The van der Waals surface area contributed by atoms with Crippen LogP contribution in [0, 0.1) is 11.3 Å². The number of thioether (sulfide) groups is 1. The van der Waals surface area contributed by atoms with Crippen molar-refractivity contribution in [3.63, 3.8) is 0 Å². The van der Waals surface area contributed by atoms with Crippen LogP contribution in [0.5, 0.6) is 5.75 Å². The quantitative estimate of drug-likeness (QED) is 0.640. The maximum atomic E-state index is 12.4. The molecule has 7 nitrogen and oxygen atoms in total. The maximum absolute atomic E-state index is 12.4. The molecule has 30 heavy (non-hydrogen) atoms. The van der Waals surface area contributed by atoms with Crippen LogP contribution in [0.25, 0.3) is 0 Å². The summed E-state index contributed by atoms with van der Waals surface area (Å²) in [6, 6.07) is 9.90. The van der Waals surface area contributed by atoms with Gasteiger partial charge in [-0.05, 0) is 43.2 Å². The van der Waals surface area contributed by atoms with Crippen molar-refractivity contribution < 1.29 is 19.1 Å². The predicted octanol–water partition coefficient (Wildman–Crippen LogP) is 4.26. The minimum atomic E-state index is -0.351. The number of methoxy groups -OCH3 is 1. The first-order chi connectivity index (χ1) is 14.5. The molecule has 0 saturated carbocycles. The number of amides is 2. The van der Waals surface area contributed by atoms with Crippen LogP contribution in [0.15, 0.2) is 29.2 Å². The summed E-state index contributed by atoms with van der Waals surface area (Å²) in [4.78, 5) is 28.0. The molecule has 9 heteroatoms. The van der Waals surface area contributed by atoms with Crippen LogP contribution < -0.4 is 10.1 Å². The maximum Gasteiger partial charge on any atom is 0.410 e. The number of nitrogens with one attached hydrogen (secondary N) is 1. The number of nitrogens with zero attached hydrogens (tertiary/aromatic N) is 2. The molecule has 0 unspecified atom stereocenters. The lowest BCUT2D eigenvalue weighted by Crippen LogP contribution is -2.35. The van der Waals surface area contributed by atoms with Crippen LogP contribution in [0.2, 0.25) is 0 Å². The molecule has 1 aromatic heterocycles. The van der Waals surface area contributed by atoms with Gasteiger partial charge >= 0.3 is 6.09 Å². The van der Waals surface area contributed by atoms with E-state index in [-0.39, 0.29) is 12.0 Å². The van der Waals surface area contributed by atoms with Crippen molar-refractivity contribution in [1.82, 2.24) is 4.90 Å². The zero-order valence-corrected chi connectivity index (χ0v) is 18.5. The average Bonchev–Trinajstić information content (AvgIpc) is 3.10. The van der Waals surface area contributed by atoms with E-state index < -0.39 is 0 Å². The number of nitriles is 1. The molecule has 0 radical (unpaired) electrons. The summed E-state index contributed by atoms with van der Waals surface area (Å²) in [7, 11) is 1.62. The molecule has 0 spiro atoms. The Balaban J connectivity index is 1.57. The first kappa shape index (κ1) is 22.0. The number of thiophene rings is 1. The number of hydrogen-bond acceptors (Lipinski definition) is 7. The molecule has 0 atom stereocenters. The monoisotopic (exact) mass is 445 g/mol. The highest BCUT2D eigenvalue weighted by molar-refractivity contribution is 7.99. The number of carbonyl (C=O) groups excluding carboxylic acids is 2. The van der Waals surface area contributed by atoms with Crippen molar-refractivity contribution in [2.45, 2.75) is 31.2 Å². The molecular weight excluding hydrogens is 422 g/mol. The lowest BCUT2D eigenvalue weighted by atomic mass is 10.0. The Morgan fingerprint density at radius 3 is 2.77 bits per heavy atom. The first-order valence-corrected chi connectivity index (χ1v) is 11.4. The zero-order chi connectivity index (χ0) is 21.5. The minimum absolute atomic E-state index is 0.131. The zero-order valence-electron chi connectivity index (χ0n) is 16.9. The molecule has 158 valence electrons. The van der Waals surface area contributed by atoms with Crippen LogP contribution >= 0.6 is 23.1 Å². The van der Waals surface area contributed by atoms with Gasteiger partial charge < -0.3 is 19.7 Å².